The molecule has 0 spiro atoms. The molecule has 0 aliphatic carbocycles. The number of amides is 2. The highest BCUT2D eigenvalue weighted by molar-refractivity contribution is 5.75. The van der Waals surface area contributed by atoms with Crippen LogP contribution in [0.3, 0.4) is 0 Å². The van der Waals surface area contributed by atoms with Gasteiger partial charge in [-0.25, -0.2) is 22.4 Å². The second kappa shape index (κ2) is 4.59. The molecule has 0 atom stereocenters. The summed E-state index contributed by atoms with van der Waals surface area (Å²) < 4.78 is 53.6. The summed E-state index contributed by atoms with van der Waals surface area (Å²) in [5, 5.41) is 1.80. The van der Waals surface area contributed by atoms with Crippen molar-refractivity contribution in [1.29, 1.82) is 0 Å². The third kappa shape index (κ3) is 2.70. The van der Waals surface area contributed by atoms with E-state index in [0.717, 1.165) is 12.8 Å². The molecule has 106 valence electrons. The Hall–Kier alpha value is -1.01. The van der Waals surface area contributed by atoms with Gasteiger partial charge in [-0.1, -0.05) is 0 Å². The number of hydrogen-bond acceptors (Lipinski definition) is 1. The number of halogens is 4. The minimum absolute atomic E-state index is 0.384. The van der Waals surface area contributed by atoms with Crippen LogP contribution in [0.25, 0.3) is 0 Å². The fourth-order valence-corrected chi connectivity index (χ4v) is 1.82. The second-order valence-electron chi connectivity index (χ2n) is 5.03. The summed E-state index contributed by atoms with van der Waals surface area (Å²) >= 11 is 0. The average molecular weight is 270 g/mol. The number of urea groups is 1. The predicted molar refractivity (Wildman–Crippen MR) is 59.0 cm³/mol. The van der Waals surface area contributed by atoms with Crippen molar-refractivity contribution in [2.24, 2.45) is 0 Å². The van der Waals surface area contributed by atoms with Crippen LogP contribution >= 0.6 is 0 Å². The van der Waals surface area contributed by atoms with Crippen molar-refractivity contribution in [1.82, 2.24) is 10.2 Å². The van der Waals surface area contributed by atoms with E-state index < -0.39 is 23.4 Å². The monoisotopic (exact) mass is 270 g/mol. The fraction of sp³-hybridized carbons (Fsp3) is 0.909. The first-order valence-corrected chi connectivity index (χ1v) is 5.82. The molecule has 0 radical (unpaired) electrons. The van der Waals surface area contributed by atoms with Crippen LogP contribution in [-0.4, -0.2) is 41.4 Å². The summed E-state index contributed by atoms with van der Waals surface area (Å²) in [6.07, 6.45) is 1.52. The molecule has 18 heavy (non-hydrogen) atoms. The van der Waals surface area contributed by atoms with Gasteiger partial charge >= 0.3 is 6.03 Å². The molecule has 1 fully saturated rings. The summed E-state index contributed by atoms with van der Waals surface area (Å²) in [4.78, 5) is 13.0. The Kier molecular flexibility index (Phi) is 3.83. The number of nitrogens with one attached hydrogen (secondary N) is 1. The fourth-order valence-electron chi connectivity index (χ4n) is 1.82. The van der Waals surface area contributed by atoms with Gasteiger partial charge in [-0.2, -0.15) is 0 Å². The Bertz CT molecular complexity index is 302. The molecule has 1 rings (SSSR count). The Morgan fingerprint density at radius 2 is 1.39 bits per heavy atom. The molecule has 2 amide bonds. The SMILES string of the molecule is CC(F)(F)C(C)(NC(=O)N1CCCC1)C(C)(F)F. The molecule has 1 aliphatic rings. The first-order chi connectivity index (χ1) is 7.99. The lowest BCUT2D eigenvalue weighted by atomic mass is 9.88. The van der Waals surface area contributed by atoms with Crippen molar-refractivity contribution >= 4 is 6.03 Å². The van der Waals surface area contributed by atoms with Crippen LogP contribution < -0.4 is 5.32 Å². The quantitative estimate of drug-likeness (QED) is 0.786. The van der Waals surface area contributed by atoms with Gasteiger partial charge in [0, 0.05) is 26.9 Å². The Morgan fingerprint density at radius 1 is 1.00 bits per heavy atom. The zero-order valence-electron chi connectivity index (χ0n) is 10.7. The first kappa shape index (κ1) is 15.0. The lowest BCUT2D eigenvalue weighted by Crippen LogP contribution is -2.67. The zero-order chi connectivity index (χ0) is 14.2. The normalized spacial score (nSPS) is 18.1. The van der Waals surface area contributed by atoms with Crippen molar-refractivity contribution < 1.29 is 22.4 Å². The molecule has 7 heteroatoms. The largest absolute Gasteiger partial charge is 0.325 e. The summed E-state index contributed by atoms with van der Waals surface area (Å²) in [5.41, 5.74) is -2.90. The third-order valence-electron chi connectivity index (χ3n) is 3.51. The van der Waals surface area contributed by atoms with Gasteiger partial charge < -0.3 is 10.2 Å². The second-order valence-corrected chi connectivity index (χ2v) is 5.03. The molecule has 0 aromatic rings. The minimum Gasteiger partial charge on any atom is -0.325 e. The van der Waals surface area contributed by atoms with Crippen molar-refractivity contribution in [3.63, 3.8) is 0 Å². The highest BCUT2D eigenvalue weighted by Gasteiger charge is 2.61. The van der Waals surface area contributed by atoms with Crippen molar-refractivity contribution in [2.45, 2.75) is 51.0 Å². The summed E-state index contributed by atoms with van der Waals surface area (Å²) in [7, 11) is 0. The maximum Gasteiger partial charge on any atom is 0.318 e. The van der Waals surface area contributed by atoms with Crippen LogP contribution in [0.1, 0.15) is 33.6 Å². The number of rotatable bonds is 3. The Balaban J connectivity index is 2.89. The maximum absolute atomic E-state index is 13.4. The molecule has 0 saturated carbocycles. The van der Waals surface area contributed by atoms with Gasteiger partial charge in [0.2, 0.25) is 0 Å². The van der Waals surface area contributed by atoms with Crippen LogP contribution in [0.15, 0.2) is 0 Å². The minimum atomic E-state index is -3.74. The van der Waals surface area contributed by atoms with E-state index in [4.69, 9.17) is 0 Å². The smallest absolute Gasteiger partial charge is 0.318 e. The topological polar surface area (TPSA) is 32.3 Å². The lowest BCUT2D eigenvalue weighted by Gasteiger charge is -2.41. The van der Waals surface area contributed by atoms with Crippen molar-refractivity contribution in [2.75, 3.05) is 13.1 Å². The van der Waals surface area contributed by atoms with Crippen molar-refractivity contribution in [3.8, 4) is 0 Å². The van der Waals surface area contributed by atoms with Gasteiger partial charge in [0.05, 0.1) is 0 Å². The maximum atomic E-state index is 13.4. The molecule has 0 aromatic heterocycles. The van der Waals surface area contributed by atoms with Gasteiger partial charge in [-0.15, -0.1) is 0 Å². The number of carbonyl (C=O) groups is 1. The number of carbonyl (C=O) groups excluding carboxylic acids is 1. The van der Waals surface area contributed by atoms with Crippen LogP contribution in [0.5, 0.6) is 0 Å². The number of nitrogens with zero attached hydrogens (tertiary/aromatic N) is 1. The molecule has 1 N–H and O–H groups in total. The van der Waals surface area contributed by atoms with E-state index in [0.29, 0.717) is 33.9 Å². The van der Waals surface area contributed by atoms with Gasteiger partial charge in [0.25, 0.3) is 11.8 Å². The highest BCUT2D eigenvalue weighted by Crippen LogP contribution is 2.40. The molecule has 3 nitrogen and oxygen atoms in total. The number of hydrogen-bond donors (Lipinski definition) is 1. The average Bonchev–Trinajstić information content (AvgIpc) is 2.66. The van der Waals surface area contributed by atoms with E-state index in [-0.39, 0.29) is 0 Å². The van der Waals surface area contributed by atoms with Crippen LogP contribution in [-0.2, 0) is 0 Å². The highest BCUT2D eigenvalue weighted by atomic mass is 19.3. The van der Waals surface area contributed by atoms with Gasteiger partial charge in [0.1, 0.15) is 0 Å². The number of alkyl halides is 4. The zero-order valence-corrected chi connectivity index (χ0v) is 10.7. The Labute approximate surface area is 104 Å². The van der Waals surface area contributed by atoms with E-state index in [9.17, 15) is 22.4 Å². The first-order valence-electron chi connectivity index (χ1n) is 5.82. The third-order valence-corrected chi connectivity index (χ3v) is 3.51. The summed E-state index contributed by atoms with van der Waals surface area (Å²) in [6.45, 7) is 2.25. The van der Waals surface area contributed by atoms with E-state index in [1.54, 1.807) is 5.32 Å². The molecular weight excluding hydrogens is 252 g/mol. The molecule has 0 unspecified atom stereocenters. The number of likely N-dealkylation sites (tertiary alicyclic amines) is 1. The van der Waals surface area contributed by atoms with Gasteiger partial charge in [-0.3, -0.25) is 0 Å². The summed E-state index contributed by atoms with van der Waals surface area (Å²) in [6, 6.07) is -0.863. The van der Waals surface area contributed by atoms with Gasteiger partial charge in [0.15, 0.2) is 5.54 Å². The van der Waals surface area contributed by atoms with Crippen LogP contribution in [0, 0.1) is 0 Å². The Morgan fingerprint density at radius 3 is 1.72 bits per heavy atom. The van der Waals surface area contributed by atoms with Gasteiger partial charge in [-0.05, 0) is 19.8 Å². The standard InChI is InChI=1S/C11H18F4N2O/c1-9(10(2,12)13,11(3,14)15)16-8(18)17-6-4-5-7-17/h4-7H2,1-3H3,(H,16,18). The molecule has 1 aliphatic heterocycles. The van der Waals surface area contributed by atoms with Crippen molar-refractivity contribution in [3.05, 3.63) is 0 Å². The van der Waals surface area contributed by atoms with E-state index in [1.165, 1.54) is 4.90 Å². The van der Waals surface area contributed by atoms with E-state index in [1.807, 2.05) is 0 Å². The van der Waals surface area contributed by atoms with E-state index in [2.05, 4.69) is 0 Å². The summed E-state index contributed by atoms with van der Waals surface area (Å²) in [5.74, 6) is -7.47. The molecule has 1 saturated heterocycles. The molecule has 1 heterocycles. The molecule has 0 aromatic carbocycles. The van der Waals surface area contributed by atoms with Crippen LogP contribution in [0.4, 0.5) is 22.4 Å². The lowest BCUT2D eigenvalue weighted by molar-refractivity contribution is -0.174. The molecular formula is C11H18F4N2O. The van der Waals surface area contributed by atoms with E-state index >= 15 is 0 Å². The van der Waals surface area contributed by atoms with Crippen LogP contribution in [0.2, 0.25) is 0 Å². The molecule has 0 bridgehead atoms. The predicted octanol–water partition coefficient (Wildman–Crippen LogP) is 2.86.